The lowest BCUT2D eigenvalue weighted by atomic mass is 9.59. The number of aliphatic hydroxyl groups excluding tert-OH is 1. The van der Waals surface area contributed by atoms with E-state index in [1.54, 1.807) is 60.7 Å². The van der Waals surface area contributed by atoms with Crippen LogP contribution in [-0.2, 0) is 15.8 Å². The predicted molar refractivity (Wildman–Crippen MR) is 113 cm³/mol. The van der Waals surface area contributed by atoms with E-state index >= 15 is 0 Å². The molecule has 3 heteroatoms. The number of carbonyl (C=O) groups is 1. The molecule has 144 valence electrons. The second kappa shape index (κ2) is 7.63. The van der Waals surface area contributed by atoms with E-state index in [4.69, 9.17) is 0 Å². The summed E-state index contributed by atoms with van der Waals surface area (Å²) in [4.78, 5) is 13.9. The van der Waals surface area contributed by atoms with E-state index in [0.29, 0.717) is 16.7 Å². The minimum Gasteiger partial charge on any atom is -0.380 e. The van der Waals surface area contributed by atoms with E-state index in [0.717, 1.165) is 0 Å². The molecule has 3 unspecified atom stereocenters. The largest absolute Gasteiger partial charge is 0.380 e. The molecule has 0 saturated heterocycles. The fourth-order valence-corrected chi connectivity index (χ4v) is 4.10. The summed E-state index contributed by atoms with van der Waals surface area (Å²) in [6.07, 6.45) is 5.42. The fraction of sp³-hybridized carbons (Fsp3) is 0.115. The Hall–Kier alpha value is -3.27. The molecule has 0 amide bonds. The van der Waals surface area contributed by atoms with Crippen LogP contribution in [-0.4, -0.2) is 16.0 Å². The third-order valence-corrected chi connectivity index (χ3v) is 5.59. The number of hydrogen-bond acceptors (Lipinski definition) is 3. The maximum atomic E-state index is 13.9. The van der Waals surface area contributed by atoms with Crippen LogP contribution in [0.1, 0.15) is 22.8 Å². The summed E-state index contributed by atoms with van der Waals surface area (Å²) in [5.74, 6) is -0.484. The van der Waals surface area contributed by atoms with Crippen LogP contribution in [0.25, 0.3) is 0 Å². The van der Waals surface area contributed by atoms with Gasteiger partial charge in [-0.1, -0.05) is 109 Å². The molecule has 4 rings (SSSR count). The monoisotopic (exact) mass is 382 g/mol. The number of hydrogen-bond donors (Lipinski definition) is 2. The summed E-state index contributed by atoms with van der Waals surface area (Å²) in [5, 5.41) is 23.0. The lowest BCUT2D eigenvalue weighted by molar-refractivity contribution is -0.139. The number of aliphatic hydroxyl groups is 2. The molecule has 0 heterocycles. The van der Waals surface area contributed by atoms with E-state index in [2.05, 4.69) is 0 Å². The van der Waals surface area contributed by atoms with Crippen LogP contribution >= 0.6 is 0 Å². The van der Waals surface area contributed by atoms with Crippen molar-refractivity contribution >= 4 is 5.78 Å². The molecular formula is C26H22O3. The van der Waals surface area contributed by atoms with Gasteiger partial charge in [0.15, 0.2) is 5.78 Å². The molecule has 3 atom stereocenters. The molecule has 29 heavy (non-hydrogen) atoms. The molecule has 3 aromatic rings. The van der Waals surface area contributed by atoms with Crippen molar-refractivity contribution < 1.29 is 15.0 Å². The van der Waals surface area contributed by atoms with Crippen LogP contribution in [0.4, 0.5) is 0 Å². The Kier molecular flexibility index (Phi) is 5.01. The number of Topliss-reactive ketones (excluding diaryl/α,β-unsaturated/α-hetero) is 1. The topological polar surface area (TPSA) is 57.5 Å². The number of allylic oxidation sites excluding steroid dienone is 2. The van der Waals surface area contributed by atoms with Gasteiger partial charge in [0.25, 0.3) is 0 Å². The lowest BCUT2D eigenvalue weighted by Crippen LogP contribution is -2.54. The molecule has 3 aromatic carbocycles. The Balaban J connectivity index is 1.96. The summed E-state index contributed by atoms with van der Waals surface area (Å²) in [6, 6.07) is 27.1. The zero-order valence-electron chi connectivity index (χ0n) is 15.8. The highest BCUT2D eigenvalue weighted by Gasteiger charge is 2.57. The zero-order valence-corrected chi connectivity index (χ0v) is 15.8. The highest BCUT2D eigenvalue weighted by Crippen LogP contribution is 2.49. The minimum absolute atomic E-state index is 0.484. The Morgan fingerprint density at radius 1 is 0.690 bits per heavy atom. The summed E-state index contributed by atoms with van der Waals surface area (Å²) in [7, 11) is 0. The molecule has 2 N–H and O–H groups in total. The van der Waals surface area contributed by atoms with E-state index in [9.17, 15) is 15.0 Å². The minimum atomic E-state index is -1.66. The summed E-state index contributed by atoms with van der Waals surface area (Å²) in [5.41, 5.74) is -1.45. The molecule has 3 nitrogen and oxygen atoms in total. The van der Waals surface area contributed by atoms with Gasteiger partial charge in [0, 0.05) is 0 Å². The molecule has 0 aromatic heterocycles. The highest BCUT2D eigenvalue weighted by molar-refractivity contribution is 5.98. The third kappa shape index (κ3) is 3.05. The molecule has 0 spiro atoms. The fourth-order valence-electron chi connectivity index (χ4n) is 4.10. The zero-order chi connectivity index (χ0) is 20.3. The molecule has 0 aliphatic heterocycles. The van der Waals surface area contributed by atoms with Crippen molar-refractivity contribution in [2.24, 2.45) is 0 Å². The summed E-state index contributed by atoms with van der Waals surface area (Å²) < 4.78 is 0. The molecular weight excluding hydrogens is 360 g/mol. The molecule has 1 aliphatic rings. The van der Waals surface area contributed by atoms with Crippen molar-refractivity contribution in [3.63, 3.8) is 0 Å². The number of carbonyl (C=O) groups excluding carboxylic acids is 1. The molecule has 0 radical (unpaired) electrons. The van der Waals surface area contributed by atoms with Crippen LogP contribution in [0.15, 0.2) is 115 Å². The molecule has 0 saturated carbocycles. The van der Waals surface area contributed by atoms with E-state index in [-0.39, 0.29) is 0 Å². The number of rotatable bonds is 5. The summed E-state index contributed by atoms with van der Waals surface area (Å²) >= 11 is 0. The Morgan fingerprint density at radius 3 is 1.76 bits per heavy atom. The van der Waals surface area contributed by atoms with Gasteiger partial charge in [0.05, 0.1) is 0 Å². The van der Waals surface area contributed by atoms with Gasteiger partial charge in [0.1, 0.15) is 17.1 Å². The maximum Gasteiger partial charge on any atom is 0.183 e. The van der Waals surface area contributed by atoms with Gasteiger partial charge in [-0.15, -0.1) is 0 Å². The van der Waals surface area contributed by atoms with Crippen LogP contribution in [0.5, 0.6) is 0 Å². The third-order valence-electron chi connectivity index (χ3n) is 5.59. The van der Waals surface area contributed by atoms with E-state index in [1.807, 2.05) is 54.6 Å². The normalized spacial score (nSPS) is 24.2. The standard InChI is InChI=1S/C26H22O3/c27-23(20-12-4-1-5-13-20)24(28)25(21-14-6-2-7-15-21)18-10-11-19-26(25,29)22-16-8-3-9-17-22/h1-19,23,27,29H. The lowest BCUT2D eigenvalue weighted by Gasteiger charge is -2.45. The molecule has 1 aliphatic carbocycles. The first-order chi connectivity index (χ1) is 14.1. The second-order valence-corrected chi connectivity index (χ2v) is 7.20. The van der Waals surface area contributed by atoms with Crippen LogP contribution in [0.2, 0.25) is 0 Å². The van der Waals surface area contributed by atoms with E-state index in [1.165, 1.54) is 0 Å². The van der Waals surface area contributed by atoms with Gasteiger partial charge in [-0.2, -0.15) is 0 Å². The molecule has 0 fully saturated rings. The van der Waals surface area contributed by atoms with Crippen molar-refractivity contribution in [3.8, 4) is 0 Å². The van der Waals surface area contributed by atoms with Crippen molar-refractivity contribution in [2.75, 3.05) is 0 Å². The quantitative estimate of drug-likeness (QED) is 0.694. The summed E-state index contributed by atoms with van der Waals surface area (Å²) in [6.45, 7) is 0. The number of ketones is 1. The Labute approximate surface area is 170 Å². The SMILES string of the molecule is O=C(C(O)c1ccccc1)C1(c2ccccc2)C=CC=CC1(O)c1ccccc1. The second-order valence-electron chi connectivity index (χ2n) is 7.20. The van der Waals surface area contributed by atoms with Crippen molar-refractivity contribution in [2.45, 2.75) is 17.1 Å². The first-order valence-electron chi connectivity index (χ1n) is 9.57. The predicted octanol–water partition coefficient (Wildman–Crippen LogP) is 4.24. The van der Waals surface area contributed by atoms with Crippen molar-refractivity contribution in [1.82, 2.24) is 0 Å². The van der Waals surface area contributed by atoms with Gasteiger partial charge in [0.2, 0.25) is 0 Å². The average Bonchev–Trinajstić information content (AvgIpc) is 2.80. The van der Waals surface area contributed by atoms with Gasteiger partial charge in [-0.05, 0) is 22.8 Å². The van der Waals surface area contributed by atoms with Gasteiger partial charge < -0.3 is 10.2 Å². The Morgan fingerprint density at radius 2 is 1.17 bits per heavy atom. The molecule has 0 bridgehead atoms. The van der Waals surface area contributed by atoms with Crippen LogP contribution < -0.4 is 0 Å². The Bertz CT molecular complexity index is 1040. The smallest absolute Gasteiger partial charge is 0.183 e. The number of benzene rings is 3. The van der Waals surface area contributed by atoms with E-state index < -0.39 is 22.9 Å². The first kappa shape index (κ1) is 19.1. The van der Waals surface area contributed by atoms with Crippen molar-refractivity contribution in [3.05, 3.63) is 132 Å². The van der Waals surface area contributed by atoms with Gasteiger partial charge >= 0.3 is 0 Å². The first-order valence-corrected chi connectivity index (χ1v) is 9.57. The van der Waals surface area contributed by atoms with Crippen LogP contribution in [0, 0.1) is 0 Å². The average molecular weight is 382 g/mol. The highest BCUT2D eigenvalue weighted by atomic mass is 16.3. The maximum absolute atomic E-state index is 13.9. The van der Waals surface area contributed by atoms with Gasteiger partial charge in [-0.3, -0.25) is 4.79 Å². The van der Waals surface area contributed by atoms with Gasteiger partial charge in [-0.25, -0.2) is 0 Å². The van der Waals surface area contributed by atoms with Crippen molar-refractivity contribution in [1.29, 1.82) is 0 Å². The van der Waals surface area contributed by atoms with Crippen LogP contribution in [0.3, 0.4) is 0 Å².